The molecule has 0 saturated heterocycles. The van der Waals surface area contributed by atoms with E-state index >= 15 is 0 Å². The summed E-state index contributed by atoms with van der Waals surface area (Å²) in [6, 6.07) is 0. The first-order chi connectivity index (χ1) is 7.75. The normalized spacial score (nSPS) is 23.4. The molecule has 0 aromatic rings. The van der Waals surface area contributed by atoms with Crippen molar-refractivity contribution in [2.75, 3.05) is 0 Å². The Morgan fingerprint density at radius 3 is 2.00 bits per heavy atom. The minimum atomic E-state index is 0.449. The van der Waals surface area contributed by atoms with Crippen LogP contribution in [0.5, 0.6) is 0 Å². The molecule has 1 saturated carbocycles. The lowest BCUT2D eigenvalue weighted by atomic mass is 10.0. The van der Waals surface area contributed by atoms with Gasteiger partial charge in [0.25, 0.3) is 0 Å². The molecular weight excluding hydrogens is 196 g/mol. The second-order valence-electron chi connectivity index (χ2n) is 5.51. The van der Waals surface area contributed by atoms with Gasteiger partial charge < -0.3 is 0 Å². The zero-order valence-corrected chi connectivity index (χ0v) is 11.1. The molecule has 1 aliphatic carbocycles. The maximum absolute atomic E-state index is 11.6. The van der Waals surface area contributed by atoms with Crippen molar-refractivity contribution in [3.63, 3.8) is 0 Å². The first kappa shape index (κ1) is 13.7. The highest BCUT2D eigenvalue weighted by atomic mass is 16.1. The number of Topliss-reactive ketones (excluding diaryl/α,β-unsaturated/α-hetero) is 1. The van der Waals surface area contributed by atoms with Crippen LogP contribution in [0, 0.1) is 11.8 Å². The van der Waals surface area contributed by atoms with Crippen molar-refractivity contribution >= 4 is 5.78 Å². The lowest BCUT2D eigenvalue weighted by Crippen LogP contribution is -2.01. The maximum Gasteiger partial charge on any atom is 0.136 e. The fraction of sp³-hybridized carbons (Fsp3) is 0.933. The maximum atomic E-state index is 11.6. The van der Waals surface area contributed by atoms with Crippen LogP contribution in [0.2, 0.25) is 0 Å². The van der Waals surface area contributed by atoms with Gasteiger partial charge in [-0.25, -0.2) is 0 Å². The summed E-state index contributed by atoms with van der Waals surface area (Å²) < 4.78 is 0. The Hall–Kier alpha value is -0.330. The molecule has 16 heavy (non-hydrogen) atoms. The van der Waals surface area contributed by atoms with E-state index in [0.717, 1.165) is 19.3 Å². The van der Waals surface area contributed by atoms with Gasteiger partial charge >= 0.3 is 0 Å². The molecule has 0 aromatic heterocycles. The Morgan fingerprint density at radius 1 is 1.00 bits per heavy atom. The zero-order valence-electron chi connectivity index (χ0n) is 11.1. The first-order valence-corrected chi connectivity index (χ1v) is 7.28. The molecule has 0 heterocycles. The van der Waals surface area contributed by atoms with E-state index in [9.17, 15) is 4.79 Å². The summed E-state index contributed by atoms with van der Waals surface area (Å²) in [4.78, 5) is 11.6. The van der Waals surface area contributed by atoms with E-state index in [2.05, 4.69) is 13.8 Å². The highest BCUT2D eigenvalue weighted by molar-refractivity contribution is 5.83. The fourth-order valence-corrected chi connectivity index (χ4v) is 2.39. The molecule has 0 aliphatic heterocycles. The van der Waals surface area contributed by atoms with E-state index in [0.29, 0.717) is 17.6 Å². The van der Waals surface area contributed by atoms with Crippen molar-refractivity contribution in [2.45, 2.75) is 78.1 Å². The molecule has 0 radical (unpaired) electrons. The first-order valence-electron chi connectivity index (χ1n) is 7.28. The van der Waals surface area contributed by atoms with Crippen molar-refractivity contribution in [1.82, 2.24) is 0 Å². The zero-order chi connectivity index (χ0) is 11.8. The largest absolute Gasteiger partial charge is 0.299 e. The van der Waals surface area contributed by atoms with E-state index in [4.69, 9.17) is 0 Å². The van der Waals surface area contributed by atoms with Gasteiger partial charge in [-0.3, -0.25) is 4.79 Å². The topological polar surface area (TPSA) is 17.1 Å². The van der Waals surface area contributed by atoms with E-state index < -0.39 is 0 Å². The van der Waals surface area contributed by atoms with E-state index in [-0.39, 0.29) is 0 Å². The molecule has 2 unspecified atom stereocenters. The summed E-state index contributed by atoms with van der Waals surface area (Å²) in [5.41, 5.74) is 0. The number of carbonyl (C=O) groups is 1. The lowest BCUT2D eigenvalue weighted by molar-refractivity contribution is -0.120. The number of hydrogen-bond donors (Lipinski definition) is 0. The number of hydrogen-bond acceptors (Lipinski definition) is 1. The van der Waals surface area contributed by atoms with Gasteiger partial charge in [0, 0.05) is 12.3 Å². The van der Waals surface area contributed by atoms with Crippen molar-refractivity contribution < 1.29 is 4.79 Å². The predicted octanol–water partition coefficient (Wildman–Crippen LogP) is 4.74. The van der Waals surface area contributed by atoms with Crippen molar-refractivity contribution in [2.24, 2.45) is 11.8 Å². The van der Waals surface area contributed by atoms with E-state index in [1.165, 1.54) is 44.9 Å². The molecule has 0 N–H and O–H groups in total. The molecular formula is C15H28O. The van der Waals surface area contributed by atoms with Gasteiger partial charge in [-0.1, -0.05) is 58.8 Å². The second-order valence-corrected chi connectivity index (χ2v) is 5.51. The summed E-state index contributed by atoms with van der Waals surface area (Å²) in [5, 5.41) is 0. The third-order valence-electron chi connectivity index (χ3n) is 3.80. The molecule has 94 valence electrons. The Labute approximate surface area is 101 Å². The van der Waals surface area contributed by atoms with Crippen LogP contribution in [0.15, 0.2) is 0 Å². The van der Waals surface area contributed by atoms with Crippen LogP contribution in [0.3, 0.4) is 0 Å². The Kier molecular flexibility index (Phi) is 6.75. The molecule has 0 aromatic carbocycles. The Balaban J connectivity index is 1.79. The molecule has 0 amide bonds. The van der Waals surface area contributed by atoms with Gasteiger partial charge in [-0.2, -0.15) is 0 Å². The number of ketones is 1. The number of unbranched alkanes of at least 4 members (excludes halogenated alkanes) is 7. The number of carbonyl (C=O) groups excluding carboxylic acids is 1. The molecule has 0 spiro atoms. The molecule has 1 aliphatic rings. The molecule has 2 atom stereocenters. The van der Waals surface area contributed by atoms with Crippen LogP contribution >= 0.6 is 0 Å². The van der Waals surface area contributed by atoms with Gasteiger partial charge in [0.2, 0.25) is 0 Å². The number of rotatable bonds is 10. The molecule has 1 heteroatoms. The van der Waals surface area contributed by atoms with Crippen molar-refractivity contribution in [3.8, 4) is 0 Å². The van der Waals surface area contributed by atoms with Gasteiger partial charge in [0.15, 0.2) is 0 Å². The summed E-state index contributed by atoms with van der Waals surface area (Å²) >= 11 is 0. The van der Waals surface area contributed by atoms with Crippen LogP contribution in [0.1, 0.15) is 78.1 Å². The van der Waals surface area contributed by atoms with Gasteiger partial charge in [0.1, 0.15) is 5.78 Å². The van der Waals surface area contributed by atoms with E-state index in [1.807, 2.05) is 0 Å². The van der Waals surface area contributed by atoms with Gasteiger partial charge in [-0.15, -0.1) is 0 Å². The van der Waals surface area contributed by atoms with E-state index in [1.54, 1.807) is 0 Å². The minimum Gasteiger partial charge on any atom is -0.299 e. The fourth-order valence-electron chi connectivity index (χ4n) is 2.39. The SMILES string of the molecule is CCCCCCCCCCC(=O)C1CC1C. The minimum absolute atomic E-state index is 0.449. The summed E-state index contributed by atoms with van der Waals surface area (Å²) in [7, 11) is 0. The highest BCUT2D eigenvalue weighted by Crippen LogP contribution is 2.39. The lowest BCUT2D eigenvalue weighted by Gasteiger charge is -2.01. The average Bonchev–Trinajstić information content (AvgIpc) is 2.99. The third kappa shape index (κ3) is 5.67. The monoisotopic (exact) mass is 224 g/mol. The van der Waals surface area contributed by atoms with Crippen LogP contribution < -0.4 is 0 Å². The Bertz CT molecular complexity index is 198. The summed E-state index contributed by atoms with van der Waals surface area (Å²) in [5.74, 6) is 1.68. The Morgan fingerprint density at radius 2 is 1.50 bits per heavy atom. The van der Waals surface area contributed by atoms with Crippen molar-refractivity contribution in [3.05, 3.63) is 0 Å². The highest BCUT2D eigenvalue weighted by Gasteiger charge is 2.37. The van der Waals surface area contributed by atoms with Crippen molar-refractivity contribution in [1.29, 1.82) is 0 Å². The predicted molar refractivity (Wildman–Crippen MR) is 69.5 cm³/mol. The van der Waals surface area contributed by atoms with Crippen LogP contribution in [-0.4, -0.2) is 5.78 Å². The smallest absolute Gasteiger partial charge is 0.136 e. The van der Waals surface area contributed by atoms with Gasteiger partial charge in [-0.05, 0) is 18.8 Å². The molecule has 1 rings (SSSR count). The molecule has 1 fully saturated rings. The summed E-state index contributed by atoms with van der Waals surface area (Å²) in [6.07, 6.45) is 12.6. The molecule has 0 bridgehead atoms. The standard InChI is InChI=1S/C15H28O/c1-3-4-5-6-7-8-9-10-11-15(16)14-12-13(14)2/h13-14H,3-12H2,1-2H3. The third-order valence-corrected chi connectivity index (χ3v) is 3.80. The van der Waals surface area contributed by atoms with Gasteiger partial charge in [0.05, 0.1) is 0 Å². The summed E-state index contributed by atoms with van der Waals surface area (Å²) in [6.45, 7) is 4.45. The quantitative estimate of drug-likeness (QED) is 0.490. The van der Waals surface area contributed by atoms with Crippen LogP contribution in [0.4, 0.5) is 0 Å². The molecule has 1 nitrogen and oxygen atoms in total. The van der Waals surface area contributed by atoms with Crippen LogP contribution in [-0.2, 0) is 4.79 Å². The van der Waals surface area contributed by atoms with Crippen LogP contribution in [0.25, 0.3) is 0 Å². The second kappa shape index (κ2) is 7.86. The average molecular weight is 224 g/mol.